The zero-order valence-electron chi connectivity index (χ0n) is 9.68. The summed E-state index contributed by atoms with van der Waals surface area (Å²) in [6.07, 6.45) is 3.59. The minimum Gasteiger partial charge on any atom is -0.477 e. The quantitative estimate of drug-likeness (QED) is 0.807. The number of ether oxygens (including phenoxy) is 1. The van der Waals surface area contributed by atoms with Crippen molar-refractivity contribution in [1.29, 1.82) is 0 Å². The number of aromatic carboxylic acids is 1. The first-order valence-electron chi connectivity index (χ1n) is 5.64. The van der Waals surface area contributed by atoms with Gasteiger partial charge in [0.05, 0.1) is 6.10 Å². The molecule has 1 aliphatic heterocycles. The van der Waals surface area contributed by atoms with Gasteiger partial charge in [0.2, 0.25) is 0 Å². The van der Waals surface area contributed by atoms with Crippen molar-refractivity contribution in [1.82, 2.24) is 4.57 Å². The lowest BCUT2D eigenvalue weighted by molar-refractivity contribution is 0.0670. The van der Waals surface area contributed by atoms with Crippen molar-refractivity contribution in [2.75, 3.05) is 6.61 Å². The Morgan fingerprint density at radius 2 is 2.35 bits per heavy atom. The average molecular weight is 237 g/mol. The molecule has 0 radical (unpaired) electrons. The molecule has 1 saturated heterocycles. The Bertz CT molecular complexity index is 443. The highest BCUT2D eigenvalue weighted by molar-refractivity contribution is 5.97. The SMILES string of the molecule is CC(=O)c1cc(C(=O)O)n(CC2CCCO2)c1. The number of carbonyl (C=O) groups excluding carboxylic acids is 1. The second-order valence-corrected chi connectivity index (χ2v) is 4.26. The fourth-order valence-corrected chi connectivity index (χ4v) is 2.04. The van der Waals surface area contributed by atoms with Crippen molar-refractivity contribution >= 4 is 11.8 Å². The van der Waals surface area contributed by atoms with Crippen molar-refractivity contribution in [2.24, 2.45) is 0 Å². The summed E-state index contributed by atoms with van der Waals surface area (Å²) in [7, 11) is 0. The first kappa shape index (κ1) is 11.9. The summed E-state index contributed by atoms with van der Waals surface area (Å²) in [5, 5.41) is 9.06. The molecule has 2 rings (SSSR count). The molecule has 1 atom stereocenters. The van der Waals surface area contributed by atoms with Crippen LogP contribution in [0.2, 0.25) is 0 Å². The predicted molar refractivity (Wildman–Crippen MR) is 60.4 cm³/mol. The Hall–Kier alpha value is -1.62. The van der Waals surface area contributed by atoms with E-state index < -0.39 is 5.97 Å². The molecule has 0 amide bonds. The van der Waals surface area contributed by atoms with Crippen LogP contribution in [-0.4, -0.2) is 34.1 Å². The molecular weight excluding hydrogens is 222 g/mol. The van der Waals surface area contributed by atoms with Crippen molar-refractivity contribution in [2.45, 2.75) is 32.4 Å². The van der Waals surface area contributed by atoms with Crippen molar-refractivity contribution < 1.29 is 19.4 Å². The lowest BCUT2D eigenvalue weighted by atomic mass is 10.2. The molecule has 17 heavy (non-hydrogen) atoms. The van der Waals surface area contributed by atoms with Gasteiger partial charge in [0.25, 0.3) is 0 Å². The molecule has 0 aromatic carbocycles. The van der Waals surface area contributed by atoms with Gasteiger partial charge in [-0.1, -0.05) is 0 Å². The molecular formula is C12H15NO4. The molecule has 0 spiro atoms. The smallest absolute Gasteiger partial charge is 0.352 e. The van der Waals surface area contributed by atoms with Crippen molar-refractivity contribution in [3.05, 3.63) is 23.5 Å². The van der Waals surface area contributed by atoms with Crippen LogP contribution in [0.5, 0.6) is 0 Å². The van der Waals surface area contributed by atoms with Gasteiger partial charge in [0.15, 0.2) is 5.78 Å². The largest absolute Gasteiger partial charge is 0.477 e. The molecule has 0 aliphatic carbocycles. The first-order valence-corrected chi connectivity index (χ1v) is 5.64. The molecule has 2 heterocycles. The minimum absolute atomic E-state index is 0.0558. The molecule has 1 N–H and O–H groups in total. The number of rotatable bonds is 4. The zero-order valence-corrected chi connectivity index (χ0v) is 9.68. The molecule has 92 valence electrons. The van der Waals surface area contributed by atoms with Crippen molar-refractivity contribution in [3.63, 3.8) is 0 Å². The Balaban J connectivity index is 2.23. The zero-order chi connectivity index (χ0) is 12.4. The highest BCUT2D eigenvalue weighted by Gasteiger charge is 2.20. The van der Waals surface area contributed by atoms with Crippen LogP contribution >= 0.6 is 0 Å². The maximum atomic E-state index is 11.2. The third-order valence-electron chi connectivity index (χ3n) is 2.95. The number of hydrogen-bond donors (Lipinski definition) is 1. The third kappa shape index (κ3) is 2.55. The maximum absolute atomic E-state index is 11.2. The highest BCUT2D eigenvalue weighted by Crippen LogP contribution is 2.17. The van der Waals surface area contributed by atoms with Gasteiger partial charge in [0.1, 0.15) is 5.69 Å². The van der Waals surface area contributed by atoms with E-state index in [1.807, 2.05) is 0 Å². The predicted octanol–water partition coefficient (Wildman–Crippen LogP) is 1.57. The van der Waals surface area contributed by atoms with E-state index in [0.717, 1.165) is 19.4 Å². The Kier molecular flexibility index (Phi) is 3.28. The van der Waals surface area contributed by atoms with Crippen LogP contribution in [0.4, 0.5) is 0 Å². The summed E-state index contributed by atoms with van der Waals surface area (Å²) in [5.74, 6) is -1.14. The number of nitrogens with zero attached hydrogens (tertiary/aromatic N) is 1. The molecule has 1 fully saturated rings. The van der Waals surface area contributed by atoms with Gasteiger partial charge in [-0.05, 0) is 25.8 Å². The van der Waals surface area contributed by atoms with Gasteiger partial charge in [-0.3, -0.25) is 4.79 Å². The van der Waals surface area contributed by atoms with Gasteiger partial charge >= 0.3 is 5.97 Å². The van der Waals surface area contributed by atoms with E-state index in [1.54, 1.807) is 10.8 Å². The molecule has 5 heteroatoms. The average Bonchev–Trinajstić information content (AvgIpc) is 2.87. The van der Waals surface area contributed by atoms with E-state index in [9.17, 15) is 9.59 Å². The number of hydrogen-bond acceptors (Lipinski definition) is 3. The Morgan fingerprint density at radius 3 is 2.88 bits per heavy atom. The Labute approximate surface area is 99.0 Å². The monoisotopic (exact) mass is 237 g/mol. The summed E-state index contributed by atoms with van der Waals surface area (Å²) in [4.78, 5) is 22.3. The second-order valence-electron chi connectivity index (χ2n) is 4.26. The fourth-order valence-electron chi connectivity index (χ4n) is 2.04. The first-order chi connectivity index (χ1) is 8.08. The molecule has 1 aromatic heterocycles. The maximum Gasteiger partial charge on any atom is 0.352 e. The van der Waals surface area contributed by atoms with E-state index in [-0.39, 0.29) is 17.6 Å². The fraction of sp³-hybridized carbons (Fsp3) is 0.500. The lowest BCUT2D eigenvalue weighted by Crippen LogP contribution is -2.17. The molecule has 1 aromatic rings. The highest BCUT2D eigenvalue weighted by atomic mass is 16.5. The van der Waals surface area contributed by atoms with Gasteiger partial charge in [-0.2, -0.15) is 0 Å². The van der Waals surface area contributed by atoms with Crippen LogP contribution in [-0.2, 0) is 11.3 Å². The van der Waals surface area contributed by atoms with Crippen LogP contribution in [0.1, 0.15) is 40.6 Å². The summed E-state index contributed by atoms with van der Waals surface area (Å²) >= 11 is 0. The van der Waals surface area contributed by atoms with E-state index in [1.165, 1.54) is 13.0 Å². The van der Waals surface area contributed by atoms with Gasteiger partial charge in [-0.15, -0.1) is 0 Å². The van der Waals surface area contributed by atoms with Crippen LogP contribution in [0.3, 0.4) is 0 Å². The van der Waals surface area contributed by atoms with Crippen molar-refractivity contribution in [3.8, 4) is 0 Å². The number of carboxylic acid groups (broad SMARTS) is 1. The molecule has 5 nitrogen and oxygen atoms in total. The third-order valence-corrected chi connectivity index (χ3v) is 2.95. The molecule has 0 bridgehead atoms. The topological polar surface area (TPSA) is 68.5 Å². The molecule has 0 saturated carbocycles. The normalized spacial score (nSPS) is 19.5. The second kappa shape index (κ2) is 4.71. The van der Waals surface area contributed by atoms with E-state index in [2.05, 4.69) is 0 Å². The van der Waals surface area contributed by atoms with Crippen LogP contribution in [0.15, 0.2) is 12.3 Å². The summed E-state index contributed by atoms with van der Waals surface area (Å²) < 4.78 is 7.05. The van der Waals surface area contributed by atoms with Gasteiger partial charge in [-0.25, -0.2) is 4.79 Å². The van der Waals surface area contributed by atoms with E-state index >= 15 is 0 Å². The van der Waals surface area contributed by atoms with Crippen LogP contribution < -0.4 is 0 Å². The summed E-state index contributed by atoms with van der Waals surface area (Å²) in [5.41, 5.74) is 0.575. The standard InChI is InChI=1S/C12H15NO4/c1-8(14)9-5-11(12(15)16)13(6-9)7-10-3-2-4-17-10/h5-6,10H,2-4,7H2,1H3,(H,15,16). The summed E-state index contributed by atoms with van der Waals surface area (Å²) in [6, 6.07) is 1.42. The van der Waals surface area contributed by atoms with Crippen LogP contribution in [0.25, 0.3) is 0 Å². The summed E-state index contributed by atoms with van der Waals surface area (Å²) in [6.45, 7) is 2.65. The Morgan fingerprint density at radius 1 is 1.59 bits per heavy atom. The van der Waals surface area contributed by atoms with Gasteiger partial charge in [0, 0.05) is 24.9 Å². The van der Waals surface area contributed by atoms with E-state index in [4.69, 9.17) is 9.84 Å². The number of carboxylic acids is 1. The van der Waals surface area contributed by atoms with Gasteiger partial charge < -0.3 is 14.4 Å². The lowest BCUT2D eigenvalue weighted by Gasteiger charge is -2.11. The molecule has 1 aliphatic rings. The van der Waals surface area contributed by atoms with Crippen LogP contribution in [0, 0.1) is 0 Å². The number of Topliss-reactive ketones (excluding diaryl/α,β-unsaturated/α-hetero) is 1. The minimum atomic E-state index is -1.02. The number of aromatic nitrogens is 1. The number of carbonyl (C=O) groups is 2. The number of ketones is 1. The van der Waals surface area contributed by atoms with E-state index in [0.29, 0.717) is 12.1 Å². The molecule has 1 unspecified atom stereocenters.